The Kier molecular flexibility index (Phi) is 6.27. The number of carbonyl (C=O) groups excluding carboxylic acids is 2. The van der Waals surface area contributed by atoms with E-state index in [4.69, 9.17) is 0 Å². The van der Waals surface area contributed by atoms with E-state index in [1.807, 2.05) is 71.0 Å². The van der Waals surface area contributed by atoms with E-state index in [1.165, 1.54) is 12.1 Å². The molecule has 1 atom stereocenters. The number of hydrogen-bond acceptors (Lipinski definition) is 4. The van der Waals surface area contributed by atoms with E-state index >= 15 is 0 Å². The molecule has 1 amide bonds. The van der Waals surface area contributed by atoms with Gasteiger partial charge in [0.15, 0.2) is 0 Å². The lowest BCUT2D eigenvalue weighted by Crippen LogP contribution is -2.40. The number of fused-ring (bicyclic) bond motifs is 1. The number of amides is 1. The van der Waals surface area contributed by atoms with Gasteiger partial charge in [0.2, 0.25) is 5.12 Å². The zero-order valence-corrected chi connectivity index (χ0v) is 21.7. The molecular weight excluding hydrogens is 473 g/mol. The maximum absolute atomic E-state index is 14.4. The fourth-order valence-electron chi connectivity index (χ4n) is 5.09. The summed E-state index contributed by atoms with van der Waals surface area (Å²) < 4.78 is 43.2. The summed E-state index contributed by atoms with van der Waals surface area (Å²) in [5, 5.41) is -1.10. The maximum Gasteiger partial charge on any atom is 0.418 e. The van der Waals surface area contributed by atoms with Gasteiger partial charge in [0, 0.05) is 38.0 Å². The summed E-state index contributed by atoms with van der Waals surface area (Å²) in [4.78, 5) is 28.9. The van der Waals surface area contributed by atoms with Crippen LogP contribution in [0, 0.1) is 0 Å². The van der Waals surface area contributed by atoms with E-state index in [9.17, 15) is 22.8 Å². The number of nitrogens with zero attached hydrogens (tertiary/aromatic N) is 2. The lowest BCUT2D eigenvalue weighted by molar-refractivity contribution is -0.137. The first-order valence-electron chi connectivity index (χ1n) is 11.7. The highest BCUT2D eigenvalue weighted by molar-refractivity contribution is 8.27. The van der Waals surface area contributed by atoms with Gasteiger partial charge < -0.3 is 4.90 Å². The first-order chi connectivity index (χ1) is 16.1. The van der Waals surface area contributed by atoms with Crippen LogP contribution in [0.2, 0.25) is 0 Å². The number of anilines is 2. The smallest absolute Gasteiger partial charge is 0.378 e. The van der Waals surface area contributed by atoms with Crippen LogP contribution in [0.25, 0.3) is 0 Å². The van der Waals surface area contributed by atoms with Gasteiger partial charge in [-0.05, 0) is 64.6 Å². The molecule has 0 bridgehead atoms. The molecular formula is C27H31F3N2O2S. The monoisotopic (exact) mass is 504 g/mol. The lowest BCUT2D eigenvalue weighted by atomic mass is 9.62. The third kappa shape index (κ3) is 4.69. The van der Waals surface area contributed by atoms with Crippen LogP contribution in [0.5, 0.6) is 0 Å². The normalized spacial score (nSPS) is 21.3. The van der Waals surface area contributed by atoms with Crippen LogP contribution in [0.1, 0.15) is 62.8 Å². The van der Waals surface area contributed by atoms with Crippen LogP contribution in [0.15, 0.2) is 36.4 Å². The SMILES string of the molecule is CN(C)c1cccc(CC2C(=O)SC(=O)N2c2cc3c(cc2C(F)(F)F)C(C)(C)CCC3(C)C)c1. The van der Waals surface area contributed by atoms with Crippen molar-refractivity contribution in [3.05, 3.63) is 58.7 Å². The second-order valence-electron chi connectivity index (χ2n) is 11.0. The largest absolute Gasteiger partial charge is 0.418 e. The molecule has 1 unspecified atom stereocenters. The lowest BCUT2D eigenvalue weighted by Gasteiger charge is -2.43. The molecule has 0 aromatic heterocycles. The fourth-order valence-corrected chi connectivity index (χ4v) is 5.91. The van der Waals surface area contributed by atoms with Crippen LogP contribution < -0.4 is 9.80 Å². The van der Waals surface area contributed by atoms with Gasteiger partial charge in [-0.15, -0.1) is 0 Å². The first kappa shape index (κ1) is 25.6. The molecule has 2 aromatic rings. The predicted molar refractivity (Wildman–Crippen MR) is 135 cm³/mol. The predicted octanol–water partition coefficient (Wildman–Crippen LogP) is 6.93. The van der Waals surface area contributed by atoms with Crippen LogP contribution in [0.4, 0.5) is 29.3 Å². The number of carbonyl (C=O) groups is 2. The standard InChI is InChI=1S/C27H31F3N2O2S/c1-25(2)10-11-26(3,4)19-15-21(20(14-18(19)25)27(28,29)30)32-22(23(33)35-24(32)34)13-16-8-7-9-17(12-16)31(5)6/h7-9,12,14-15,22H,10-11,13H2,1-6H3. The highest BCUT2D eigenvalue weighted by Gasteiger charge is 2.47. The van der Waals surface area contributed by atoms with Crippen LogP contribution in [-0.2, 0) is 28.2 Å². The topological polar surface area (TPSA) is 40.6 Å². The summed E-state index contributed by atoms with van der Waals surface area (Å²) >= 11 is 0.488. The van der Waals surface area contributed by atoms with Gasteiger partial charge in [0.1, 0.15) is 6.04 Å². The number of hydrogen-bond donors (Lipinski definition) is 0. The second kappa shape index (κ2) is 8.57. The van der Waals surface area contributed by atoms with Crippen molar-refractivity contribution in [3.8, 4) is 0 Å². The van der Waals surface area contributed by atoms with Crippen molar-refractivity contribution >= 4 is 33.5 Å². The van der Waals surface area contributed by atoms with E-state index < -0.39 is 33.6 Å². The van der Waals surface area contributed by atoms with Gasteiger partial charge in [-0.25, -0.2) is 0 Å². The fraction of sp³-hybridized carbons (Fsp3) is 0.481. The first-order valence-corrected chi connectivity index (χ1v) is 12.5. The third-order valence-corrected chi connectivity index (χ3v) is 8.20. The molecule has 0 spiro atoms. The summed E-state index contributed by atoms with van der Waals surface area (Å²) in [6, 6.07) is 9.21. The Morgan fingerprint density at radius 3 is 2.17 bits per heavy atom. The Morgan fingerprint density at radius 1 is 1.00 bits per heavy atom. The molecule has 0 radical (unpaired) electrons. The van der Waals surface area contributed by atoms with Gasteiger partial charge in [-0.3, -0.25) is 14.5 Å². The quantitative estimate of drug-likeness (QED) is 0.453. The summed E-state index contributed by atoms with van der Waals surface area (Å²) in [6.45, 7) is 7.96. The summed E-state index contributed by atoms with van der Waals surface area (Å²) in [5.41, 5.74) is 1.30. The molecule has 188 valence electrons. The van der Waals surface area contributed by atoms with Crippen LogP contribution in [0.3, 0.4) is 0 Å². The second-order valence-corrected chi connectivity index (χ2v) is 12.0. The average Bonchev–Trinajstić information content (AvgIpc) is 3.03. The third-order valence-electron chi connectivity index (χ3n) is 7.36. The van der Waals surface area contributed by atoms with Crippen molar-refractivity contribution in [1.29, 1.82) is 0 Å². The van der Waals surface area contributed by atoms with E-state index in [-0.39, 0.29) is 17.5 Å². The molecule has 1 fully saturated rings. The molecule has 4 nitrogen and oxygen atoms in total. The van der Waals surface area contributed by atoms with Gasteiger partial charge in [-0.2, -0.15) is 13.2 Å². The molecule has 0 saturated carbocycles. The maximum atomic E-state index is 14.4. The molecule has 1 saturated heterocycles. The van der Waals surface area contributed by atoms with Crippen LogP contribution >= 0.6 is 11.8 Å². The minimum Gasteiger partial charge on any atom is -0.378 e. The molecule has 35 heavy (non-hydrogen) atoms. The summed E-state index contributed by atoms with van der Waals surface area (Å²) in [5.74, 6) is 0. The highest BCUT2D eigenvalue weighted by Crippen LogP contribution is 2.51. The molecule has 2 aromatic carbocycles. The van der Waals surface area contributed by atoms with E-state index in [2.05, 4.69) is 0 Å². The molecule has 4 rings (SSSR count). The van der Waals surface area contributed by atoms with Gasteiger partial charge in [-0.1, -0.05) is 39.8 Å². The van der Waals surface area contributed by atoms with Gasteiger partial charge >= 0.3 is 6.18 Å². The summed E-state index contributed by atoms with van der Waals surface area (Å²) in [6.07, 6.45) is -2.94. The van der Waals surface area contributed by atoms with Crippen molar-refractivity contribution < 1.29 is 22.8 Å². The number of benzene rings is 2. The molecule has 2 aliphatic rings. The average molecular weight is 505 g/mol. The molecule has 0 N–H and O–H groups in total. The zero-order chi connectivity index (χ0) is 25.9. The van der Waals surface area contributed by atoms with E-state index in [0.29, 0.717) is 17.3 Å². The van der Waals surface area contributed by atoms with E-state index in [1.54, 1.807) is 0 Å². The van der Waals surface area contributed by atoms with Crippen molar-refractivity contribution in [2.75, 3.05) is 23.9 Å². The Labute approximate surface area is 208 Å². The number of halogens is 3. The number of rotatable bonds is 4. The van der Waals surface area contributed by atoms with Gasteiger partial charge in [0.25, 0.3) is 5.24 Å². The van der Waals surface area contributed by atoms with E-state index in [0.717, 1.165) is 34.6 Å². The minimum absolute atomic E-state index is 0.141. The Hall–Kier alpha value is -2.48. The van der Waals surface area contributed by atoms with Crippen molar-refractivity contribution in [2.45, 2.75) is 70.0 Å². The molecule has 1 aliphatic carbocycles. The summed E-state index contributed by atoms with van der Waals surface area (Å²) in [7, 11) is 3.77. The molecule has 1 aliphatic heterocycles. The highest BCUT2D eigenvalue weighted by atomic mass is 32.2. The Morgan fingerprint density at radius 2 is 1.60 bits per heavy atom. The van der Waals surface area contributed by atoms with Crippen molar-refractivity contribution in [3.63, 3.8) is 0 Å². The van der Waals surface area contributed by atoms with Crippen LogP contribution in [-0.4, -0.2) is 30.5 Å². The minimum atomic E-state index is -4.67. The van der Waals surface area contributed by atoms with Crippen molar-refractivity contribution in [1.82, 2.24) is 0 Å². The number of alkyl halides is 3. The molecule has 1 heterocycles. The number of thioether (sulfide) groups is 1. The Bertz CT molecular complexity index is 1190. The van der Waals surface area contributed by atoms with Crippen molar-refractivity contribution in [2.24, 2.45) is 0 Å². The zero-order valence-electron chi connectivity index (χ0n) is 20.9. The van der Waals surface area contributed by atoms with Gasteiger partial charge in [0.05, 0.1) is 11.3 Å². The Balaban J connectivity index is 1.87. The molecule has 8 heteroatoms.